The number of nitrogens with one attached hydrogen (secondary N) is 1. The number of hydrogen-bond donors (Lipinski definition) is 1. The van der Waals surface area contributed by atoms with E-state index in [1.54, 1.807) is 0 Å². The largest absolute Gasteiger partial charge is 0.379 e. The summed E-state index contributed by atoms with van der Waals surface area (Å²) in [4.78, 5) is 21.5. The van der Waals surface area contributed by atoms with Crippen LogP contribution in [0.2, 0.25) is 0 Å². The van der Waals surface area contributed by atoms with Crippen LogP contribution in [0.25, 0.3) is 0 Å². The SMILES string of the molecule is CC.CCC(=O)CC(C)(C)CCOC(C)CCNC=O.CCOC1CCCCCCC1. The monoisotopic (exact) mass is 443 g/mol. The predicted octanol–water partition coefficient (Wildman–Crippen LogP) is 6.48. The molecule has 1 N–H and O–H groups in total. The van der Waals surface area contributed by atoms with E-state index in [-0.39, 0.29) is 11.5 Å². The van der Waals surface area contributed by atoms with Crippen LogP contribution in [0.5, 0.6) is 0 Å². The van der Waals surface area contributed by atoms with Crippen LogP contribution < -0.4 is 5.32 Å². The Bertz CT molecular complexity index is 404. The zero-order chi connectivity index (χ0) is 24.0. The highest BCUT2D eigenvalue weighted by atomic mass is 16.5. The second-order valence-corrected chi connectivity index (χ2v) is 8.95. The van der Waals surface area contributed by atoms with Crippen LogP contribution in [0.3, 0.4) is 0 Å². The maximum Gasteiger partial charge on any atom is 0.207 e. The van der Waals surface area contributed by atoms with Gasteiger partial charge in [0.15, 0.2) is 0 Å². The molecular formula is C26H53NO4. The van der Waals surface area contributed by atoms with Crippen LogP contribution in [0.1, 0.15) is 119 Å². The van der Waals surface area contributed by atoms with Crippen LogP contribution >= 0.6 is 0 Å². The molecular weight excluding hydrogens is 390 g/mol. The molecule has 0 aliphatic heterocycles. The Labute approximate surface area is 193 Å². The maximum atomic E-state index is 11.4. The number of amides is 1. The van der Waals surface area contributed by atoms with Gasteiger partial charge in [-0.15, -0.1) is 0 Å². The summed E-state index contributed by atoms with van der Waals surface area (Å²) in [5.74, 6) is 0.309. The topological polar surface area (TPSA) is 64.6 Å². The smallest absolute Gasteiger partial charge is 0.207 e. The van der Waals surface area contributed by atoms with E-state index in [1.165, 1.54) is 44.9 Å². The molecule has 0 heterocycles. The third kappa shape index (κ3) is 22.1. The van der Waals surface area contributed by atoms with Crippen molar-refractivity contribution in [1.29, 1.82) is 0 Å². The molecule has 1 aliphatic carbocycles. The quantitative estimate of drug-likeness (QED) is 0.261. The Hall–Kier alpha value is -0.940. The van der Waals surface area contributed by atoms with Crippen molar-refractivity contribution in [3.63, 3.8) is 0 Å². The van der Waals surface area contributed by atoms with Gasteiger partial charge >= 0.3 is 0 Å². The van der Waals surface area contributed by atoms with Crippen molar-refractivity contribution >= 4 is 12.2 Å². The first kappa shape index (κ1) is 32.2. The Morgan fingerprint density at radius 1 is 1.10 bits per heavy atom. The Morgan fingerprint density at radius 2 is 1.68 bits per heavy atom. The Morgan fingerprint density at radius 3 is 2.19 bits per heavy atom. The number of Topliss-reactive ketones (excluding diaryl/α,β-unsaturated/α-hetero) is 1. The van der Waals surface area contributed by atoms with Crippen molar-refractivity contribution in [1.82, 2.24) is 5.32 Å². The van der Waals surface area contributed by atoms with Crippen molar-refractivity contribution in [3.8, 4) is 0 Å². The van der Waals surface area contributed by atoms with Crippen LogP contribution in [-0.2, 0) is 19.1 Å². The minimum absolute atomic E-state index is 0.00780. The molecule has 0 saturated heterocycles. The first-order valence-electron chi connectivity index (χ1n) is 12.8. The molecule has 186 valence electrons. The summed E-state index contributed by atoms with van der Waals surface area (Å²) in [5.41, 5.74) is 0.00780. The van der Waals surface area contributed by atoms with E-state index in [0.717, 1.165) is 19.4 Å². The molecule has 5 nitrogen and oxygen atoms in total. The highest BCUT2D eigenvalue weighted by Crippen LogP contribution is 2.26. The molecule has 1 amide bonds. The molecule has 1 saturated carbocycles. The lowest BCUT2D eigenvalue weighted by atomic mass is 9.84. The van der Waals surface area contributed by atoms with E-state index in [2.05, 4.69) is 26.1 Å². The second-order valence-electron chi connectivity index (χ2n) is 8.95. The normalized spacial score (nSPS) is 15.8. The van der Waals surface area contributed by atoms with E-state index in [4.69, 9.17) is 9.47 Å². The number of hydrogen-bond acceptors (Lipinski definition) is 4. The highest BCUT2D eigenvalue weighted by molar-refractivity contribution is 5.78. The van der Waals surface area contributed by atoms with Gasteiger partial charge in [-0.05, 0) is 44.9 Å². The van der Waals surface area contributed by atoms with E-state index in [1.807, 2.05) is 27.7 Å². The first-order chi connectivity index (χ1) is 14.8. The second kappa shape index (κ2) is 22.3. The standard InChI is InChI=1S/C14H27NO3.C10H20O.C2H6/c1-5-13(17)10-14(3,4)7-9-18-12(2)6-8-15-11-16;1-2-11-10-8-6-4-3-5-7-9-10;1-2/h11-12H,5-10H2,1-4H3,(H,15,16);10H,2-9H2,1H3;1-2H3. The number of carbonyl (C=O) groups is 2. The molecule has 0 aromatic carbocycles. The first-order valence-corrected chi connectivity index (χ1v) is 12.8. The Kier molecular flexibility index (Phi) is 23.2. The summed E-state index contributed by atoms with van der Waals surface area (Å²) in [6, 6.07) is 0. The average Bonchev–Trinajstić information content (AvgIpc) is 2.71. The van der Waals surface area contributed by atoms with E-state index < -0.39 is 0 Å². The Balaban J connectivity index is 0. The molecule has 0 aromatic rings. The van der Waals surface area contributed by atoms with Gasteiger partial charge in [-0.2, -0.15) is 0 Å². The molecule has 1 fully saturated rings. The van der Waals surface area contributed by atoms with Crippen molar-refractivity contribution < 1.29 is 19.1 Å². The number of carbonyl (C=O) groups excluding carboxylic acids is 2. The summed E-state index contributed by atoms with van der Waals surface area (Å²) >= 11 is 0. The minimum Gasteiger partial charge on any atom is -0.379 e. The van der Waals surface area contributed by atoms with Gasteiger partial charge in [-0.25, -0.2) is 0 Å². The van der Waals surface area contributed by atoms with Gasteiger partial charge in [0.05, 0.1) is 12.2 Å². The van der Waals surface area contributed by atoms with E-state index in [0.29, 0.717) is 44.3 Å². The van der Waals surface area contributed by atoms with Crippen molar-refractivity contribution in [2.45, 2.75) is 131 Å². The molecule has 1 rings (SSSR count). The molecule has 0 radical (unpaired) electrons. The molecule has 0 bridgehead atoms. The van der Waals surface area contributed by atoms with Gasteiger partial charge in [-0.1, -0.05) is 66.7 Å². The van der Waals surface area contributed by atoms with Gasteiger partial charge < -0.3 is 14.8 Å². The zero-order valence-electron chi connectivity index (χ0n) is 21.8. The summed E-state index contributed by atoms with van der Waals surface area (Å²) < 4.78 is 11.3. The van der Waals surface area contributed by atoms with Crippen LogP contribution in [-0.4, -0.2) is 44.2 Å². The molecule has 1 atom stereocenters. The molecule has 0 spiro atoms. The van der Waals surface area contributed by atoms with E-state index in [9.17, 15) is 9.59 Å². The molecule has 1 unspecified atom stereocenters. The van der Waals surface area contributed by atoms with Gasteiger partial charge in [0.1, 0.15) is 5.78 Å². The van der Waals surface area contributed by atoms with Crippen molar-refractivity contribution in [2.24, 2.45) is 5.41 Å². The number of rotatable bonds is 13. The summed E-state index contributed by atoms with van der Waals surface area (Å²) in [5, 5.41) is 2.61. The third-order valence-electron chi connectivity index (χ3n) is 5.48. The third-order valence-corrected chi connectivity index (χ3v) is 5.48. The fourth-order valence-corrected chi connectivity index (χ4v) is 3.53. The highest BCUT2D eigenvalue weighted by Gasteiger charge is 2.21. The summed E-state index contributed by atoms with van der Waals surface area (Å²) in [7, 11) is 0. The molecule has 1 aliphatic rings. The lowest BCUT2D eigenvalue weighted by Gasteiger charge is -2.24. The fraction of sp³-hybridized carbons (Fsp3) is 0.923. The van der Waals surface area contributed by atoms with Gasteiger partial charge in [-0.3, -0.25) is 9.59 Å². The minimum atomic E-state index is 0.00780. The predicted molar refractivity (Wildman–Crippen MR) is 131 cm³/mol. The fourth-order valence-electron chi connectivity index (χ4n) is 3.53. The molecule has 0 aromatic heterocycles. The van der Waals surface area contributed by atoms with Gasteiger partial charge in [0, 0.05) is 32.6 Å². The number of ketones is 1. The van der Waals surface area contributed by atoms with Gasteiger partial charge in [0.25, 0.3) is 0 Å². The summed E-state index contributed by atoms with van der Waals surface area (Å²) in [6.07, 6.45) is 14.0. The summed E-state index contributed by atoms with van der Waals surface area (Å²) in [6.45, 7) is 16.4. The van der Waals surface area contributed by atoms with E-state index >= 15 is 0 Å². The average molecular weight is 444 g/mol. The van der Waals surface area contributed by atoms with Crippen molar-refractivity contribution in [3.05, 3.63) is 0 Å². The molecule has 5 heteroatoms. The lowest BCUT2D eigenvalue weighted by molar-refractivity contribution is -0.121. The van der Waals surface area contributed by atoms with Crippen LogP contribution in [0.4, 0.5) is 0 Å². The molecule has 31 heavy (non-hydrogen) atoms. The van der Waals surface area contributed by atoms with Gasteiger partial charge in [0.2, 0.25) is 6.41 Å². The lowest BCUT2D eigenvalue weighted by Crippen LogP contribution is -2.23. The van der Waals surface area contributed by atoms with Crippen LogP contribution in [0, 0.1) is 5.41 Å². The maximum absolute atomic E-state index is 11.4. The number of ether oxygens (including phenoxy) is 2. The van der Waals surface area contributed by atoms with Crippen LogP contribution in [0.15, 0.2) is 0 Å². The van der Waals surface area contributed by atoms with Crippen molar-refractivity contribution in [2.75, 3.05) is 19.8 Å². The zero-order valence-corrected chi connectivity index (χ0v) is 21.8.